The molecule has 3 heterocycles. The number of carbonyl (C=O) groups excluding carboxylic acids is 1. The number of rotatable bonds is 2. The number of hydrogen-bond acceptors (Lipinski definition) is 4. The van der Waals surface area contributed by atoms with Gasteiger partial charge in [0, 0.05) is 38.6 Å². The summed E-state index contributed by atoms with van der Waals surface area (Å²) in [5.74, 6) is -0.755. The molecule has 0 radical (unpaired) electrons. The topological polar surface area (TPSA) is 49.3 Å². The third-order valence-corrected chi connectivity index (χ3v) is 4.15. The lowest BCUT2D eigenvalue weighted by Crippen LogP contribution is -2.49. The highest BCUT2D eigenvalue weighted by Gasteiger charge is 2.31. The van der Waals surface area contributed by atoms with Crippen LogP contribution in [0.25, 0.3) is 0 Å². The summed E-state index contributed by atoms with van der Waals surface area (Å²) in [5.41, 5.74) is -0.412. The van der Waals surface area contributed by atoms with E-state index < -0.39 is 23.5 Å². The number of carbonyl (C=O) groups is 1. The number of piperazine rings is 1. The molecule has 9 heteroatoms. The van der Waals surface area contributed by atoms with Crippen molar-refractivity contribution in [1.82, 2.24) is 14.9 Å². The first-order valence-corrected chi connectivity index (χ1v) is 7.95. The maximum Gasteiger partial charge on any atom is 0.417 e. The Bertz CT molecular complexity index is 799. The molecule has 1 aliphatic heterocycles. The van der Waals surface area contributed by atoms with Crippen molar-refractivity contribution in [3.8, 4) is 0 Å². The molecule has 1 saturated heterocycles. The van der Waals surface area contributed by atoms with E-state index in [2.05, 4.69) is 9.97 Å². The highest BCUT2D eigenvalue weighted by atomic mass is 19.4. The largest absolute Gasteiger partial charge is 0.417 e. The third kappa shape index (κ3) is 3.76. The fraction of sp³-hybridized carbons (Fsp3) is 0.353. The summed E-state index contributed by atoms with van der Waals surface area (Å²) in [5, 5.41) is 0. The molecule has 2 aromatic rings. The molecule has 26 heavy (non-hydrogen) atoms. The molecule has 138 valence electrons. The van der Waals surface area contributed by atoms with Gasteiger partial charge in [0.15, 0.2) is 11.5 Å². The van der Waals surface area contributed by atoms with Crippen LogP contribution in [0.15, 0.2) is 30.6 Å². The van der Waals surface area contributed by atoms with Crippen LogP contribution in [0.3, 0.4) is 0 Å². The van der Waals surface area contributed by atoms with Gasteiger partial charge in [0.05, 0.1) is 5.56 Å². The number of aryl methyl sites for hydroxylation is 1. The molecule has 5 nitrogen and oxygen atoms in total. The van der Waals surface area contributed by atoms with Crippen LogP contribution >= 0.6 is 0 Å². The van der Waals surface area contributed by atoms with Gasteiger partial charge in [-0.15, -0.1) is 0 Å². The Morgan fingerprint density at radius 3 is 2.31 bits per heavy atom. The van der Waals surface area contributed by atoms with Crippen LogP contribution in [-0.4, -0.2) is 47.0 Å². The second kappa shape index (κ2) is 6.89. The summed E-state index contributed by atoms with van der Waals surface area (Å²) in [6.07, 6.45) is -2.21. The molecule has 0 saturated carbocycles. The summed E-state index contributed by atoms with van der Waals surface area (Å²) >= 11 is 0. The maximum atomic E-state index is 13.9. The monoisotopic (exact) mass is 368 g/mol. The first-order chi connectivity index (χ1) is 12.3. The number of alkyl halides is 3. The minimum atomic E-state index is -4.43. The molecule has 1 amide bonds. The molecule has 0 aromatic carbocycles. The minimum Gasteiger partial charge on any atom is -0.353 e. The zero-order valence-corrected chi connectivity index (χ0v) is 13.9. The molecule has 0 unspecified atom stereocenters. The van der Waals surface area contributed by atoms with Gasteiger partial charge >= 0.3 is 6.18 Å². The molecule has 1 aliphatic rings. The standard InChI is InChI=1S/C17H16F4N4O/c1-11-8-13(18)15(23-9-11)16(26)25-6-4-24(5-7-25)14-3-2-12(10-22-14)17(19,20)21/h2-3,8-10H,4-7H2,1H3. The van der Waals surface area contributed by atoms with Crippen LogP contribution in [0.5, 0.6) is 0 Å². The van der Waals surface area contributed by atoms with E-state index in [0.717, 1.165) is 12.3 Å². The fourth-order valence-electron chi connectivity index (χ4n) is 2.72. The Kier molecular flexibility index (Phi) is 4.80. The number of anilines is 1. The Hall–Kier alpha value is -2.71. The average molecular weight is 368 g/mol. The summed E-state index contributed by atoms with van der Waals surface area (Å²) in [4.78, 5) is 23.4. The summed E-state index contributed by atoms with van der Waals surface area (Å²) in [6, 6.07) is 3.54. The number of nitrogens with zero attached hydrogens (tertiary/aromatic N) is 4. The first-order valence-electron chi connectivity index (χ1n) is 7.95. The van der Waals surface area contributed by atoms with Gasteiger partial charge in [-0.05, 0) is 30.7 Å². The molecule has 0 bridgehead atoms. The lowest BCUT2D eigenvalue weighted by atomic mass is 10.2. The van der Waals surface area contributed by atoms with Crippen LogP contribution in [0.4, 0.5) is 23.4 Å². The second-order valence-electron chi connectivity index (χ2n) is 6.03. The van der Waals surface area contributed by atoms with E-state index in [1.54, 1.807) is 11.8 Å². The molecular weight excluding hydrogens is 352 g/mol. The normalized spacial score (nSPS) is 15.3. The van der Waals surface area contributed by atoms with E-state index in [0.29, 0.717) is 37.6 Å². The predicted octanol–water partition coefficient (Wildman–Crippen LogP) is 2.91. The van der Waals surface area contributed by atoms with Crippen molar-refractivity contribution >= 4 is 11.7 Å². The van der Waals surface area contributed by atoms with Gasteiger partial charge in [0.2, 0.25) is 0 Å². The van der Waals surface area contributed by atoms with Crippen molar-refractivity contribution in [2.24, 2.45) is 0 Å². The average Bonchev–Trinajstić information content (AvgIpc) is 2.61. The predicted molar refractivity (Wildman–Crippen MR) is 86.3 cm³/mol. The number of pyridine rings is 2. The lowest BCUT2D eigenvalue weighted by molar-refractivity contribution is -0.137. The van der Waals surface area contributed by atoms with Gasteiger partial charge in [0.1, 0.15) is 5.82 Å². The van der Waals surface area contributed by atoms with E-state index in [9.17, 15) is 22.4 Å². The van der Waals surface area contributed by atoms with Crippen molar-refractivity contribution < 1.29 is 22.4 Å². The quantitative estimate of drug-likeness (QED) is 0.765. The van der Waals surface area contributed by atoms with E-state index in [-0.39, 0.29) is 5.69 Å². The van der Waals surface area contributed by atoms with Gasteiger partial charge in [-0.3, -0.25) is 4.79 Å². The Morgan fingerprint density at radius 1 is 1.08 bits per heavy atom. The number of amides is 1. The molecule has 3 rings (SSSR count). The summed E-state index contributed by atoms with van der Waals surface area (Å²) in [7, 11) is 0. The number of aromatic nitrogens is 2. The highest BCUT2D eigenvalue weighted by molar-refractivity contribution is 5.92. The molecule has 0 atom stereocenters. The molecular formula is C17H16F4N4O. The molecule has 0 spiro atoms. The Balaban J connectivity index is 1.64. The zero-order chi connectivity index (χ0) is 18.9. The molecule has 0 N–H and O–H groups in total. The van der Waals surface area contributed by atoms with Gasteiger partial charge in [-0.1, -0.05) is 0 Å². The SMILES string of the molecule is Cc1cnc(C(=O)N2CCN(c3ccc(C(F)(F)F)cn3)CC2)c(F)c1. The van der Waals surface area contributed by atoms with Crippen LogP contribution < -0.4 is 4.90 Å². The van der Waals surface area contributed by atoms with Crippen LogP contribution in [0, 0.1) is 12.7 Å². The summed E-state index contributed by atoms with van der Waals surface area (Å²) < 4.78 is 51.7. The zero-order valence-electron chi connectivity index (χ0n) is 13.9. The smallest absolute Gasteiger partial charge is 0.353 e. The van der Waals surface area contributed by atoms with Crippen LogP contribution in [0.2, 0.25) is 0 Å². The Morgan fingerprint density at radius 2 is 1.77 bits per heavy atom. The minimum absolute atomic E-state index is 0.225. The van der Waals surface area contributed by atoms with Crippen molar-refractivity contribution in [3.05, 3.63) is 53.2 Å². The van der Waals surface area contributed by atoms with Gasteiger partial charge in [-0.2, -0.15) is 13.2 Å². The van der Waals surface area contributed by atoms with E-state index in [1.165, 1.54) is 23.2 Å². The number of halogens is 4. The fourth-order valence-corrected chi connectivity index (χ4v) is 2.72. The van der Waals surface area contributed by atoms with Crippen LogP contribution in [0.1, 0.15) is 21.6 Å². The van der Waals surface area contributed by atoms with Gasteiger partial charge in [-0.25, -0.2) is 14.4 Å². The van der Waals surface area contributed by atoms with E-state index in [1.807, 2.05) is 0 Å². The second-order valence-corrected chi connectivity index (χ2v) is 6.03. The van der Waals surface area contributed by atoms with Gasteiger partial charge in [0.25, 0.3) is 5.91 Å². The maximum absolute atomic E-state index is 13.9. The lowest BCUT2D eigenvalue weighted by Gasteiger charge is -2.35. The van der Waals surface area contributed by atoms with Crippen molar-refractivity contribution in [1.29, 1.82) is 0 Å². The molecule has 2 aromatic heterocycles. The number of hydrogen-bond donors (Lipinski definition) is 0. The van der Waals surface area contributed by atoms with E-state index in [4.69, 9.17) is 0 Å². The van der Waals surface area contributed by atoms with E-state index >= 15 is 0 Å². The molecule has 1 fully saturated rings. The third-order valence-electron chi connectivity index (χ3n) is 4.15. The van der Waals surface area contributed by atoms with Crippen molar-refractivity contribution in [2.75, 3.05) is 31.1 Å². The van der Waals surface area contributed by atoms with Crippen molar-refractivity contribution in [3.63, 3.8) is 0 Å². The van der Waals surface area contributed by atoms with Crippen molar-refractivity contribution in [2.45, 2.75) is 13.1 Å². The molecule has 0 aliphatic carbocycles. The van der Waals surface area contributed by atoms with Crippen LogP contribution in [-0.2, 0) is 6.18 Å². The Labute approximate surface area is 147 Å². The van der Waals surface area contributed by atoms with Gasteiger partial charge < -0.3 is 9.80 Å². The summed E-state index contributed by atoms with van der Waals surface area (Å²) in [6.45, 7) is 3.06. The first kappa shape index (κ1) is 18.1. The highest BCUT2D eigenvalue weighted by Crippen LogP contribution is 2.29.